The van der Waals surface area contributed by atoms with Gasteiger partial charge >= 0.3 is 5.69 Å². The quantitative estimate of drug-likeness (QED) is 0.464. The molecule has 0 aliphatic heterocycles. The summed E-state index contributed by atoms with van der Waals surface area (Å²) in [5, 5.41) is 10.5. The normalized spacial score (nSPS) is 9.88. The third-order valence-electron chi connectivity index (χ3n) is 1.83. The van der Waals surface area contributed by atoms with E-state index in [1.165, 1.54) is 0 Å². The Morgan fingerprint density at radius 3 is 2.81 bits per heavy atom. The lowest BCUT2D eigenvalue weighted by Crippen LogP contribution is -2.22. The minimum Gasteiger partial charge on any atom is -0.378 e. The molecule has 0 saturated heterocycles. The van der Waals surface area contributed by atoms with Gasteiger partial charge in [0.25, 0.3) is 0 Å². The van der Waals surface area contributed by atoms with Crippen molar-refractivity contribution in [3.63, 3.8) is 0 Å². The molecule has 1 aromatic rings. The molecule has 7 nitrogen and oxygen atoms in total. The number of nitrogens with two attached hydrogens (primary N) is 1. The summed E-state index contributed by atoms with van der Waals surface area (Å²) in [4.78, 5) is 19.3. The molecule has 16 heavy (non-hydrogen) atoms. The predicted octanol–water partition coefficient (Wildman–Crippen LogP) is 0.979. The van der Waals surface area contributed by atoms with Crippen molar-refractivity contribution >= 4 is 17.5 Å². The van der Waals surface area contributed by atoms with E-state index in [0.29, 0.717) is 12.5 Å². The lowest BCUT2D eigenvalue weighted by Gasteiger charge is -2.16. The van der Waals surface area contributed by atoms with Gasteiger partial charge in [-0.15, -0.1) is 0 Å². The second kappa shape index (κ2) is 4.56. The zero-order valence-electron chi connectivity index (χ0n) is 9.17. The van der Waals surface area contributed by atoms with E-state index in [-0.39, 0.29) is 11.5 Å². The molecule has 0 aliphatic rings. The van der Waals surface area contributed by atoms with Crippen LogP contribution < -0.4 is 10.6 Å². The number of hydrogen-bond donors (Lipinski definition) is 1. The van der Waals surface area contributed by atoms with E-state index < -0.39 is 4.92 Å². The van der Waals surface area contributed by atoms with Gasteiger partial charge in [0, 0.05) is 13.6 Å². The van der Waals surface area contributed by atoms with Crippen molar-refractivity contribution in [2.45, 2.75) is 6.92 Å². The maximum absolute atomic E-state index is 10.5. The van der Waals surface area contributed by atoms with Gasteiger partial charge in [-0.05, 0) is 6.92 Å². The molecule has 0 radical (unpaired) electrons. The lowest BCUT2D eigenvalue weighted by molar-refractivity contribution is -0.384. The first-order valence-corrected chi connectivity index (χ1v) is 4.54. The van der Waals surface area contributed by atoms with Crippen LogP contribution in [0.4, 0.5) is 17.5 Å². The summed E-state index contributed by atoms with van der Waals surface area (Å²) in [5.74, 6) is 0.203. The van der Waals surface area contributed by atoms with E-state index in [2.05, 4.69) is 16.5 Å². The standard InChI is InChI=1S/C9H13N5O2/c1-6(2)5-13(3)9-11-4-7(14(15)16)8(10)12-9/h4H,1,5H2,2-3H3,(H2,10,11,12). The fraction of sp³-hybridized carbons (Fsp3) is 0.333. The number of nitro groups is 1. The molecule has 0 atom stereocenters. The number of anilines is 2. The summed E-state index contributed by atoms with van der Waals surface area (Å²) in [6.07, 6.45) is 1.10. The first kappa shape index (κ1) is 11.9. The van der Waals surface area contributed by atoms with Crippen LogP contribution in [0.1, 0.15) is 6.92 Å². The van der Waals surface area contributed by atoms with Crippen LogP contribution in [0.5, 0.6) is 0 Å². The molecule has 0 aliphatic carbocycles. The molecule has 0 unspecified atom stereocenters. The van der Waals surface area contributed by atoms with E-state index in [4.69, 9.17) is 5.73 Å². The summed E-state index contributed by atoms with van der Waals surface area (Å²) in [6.45, 7) is 6.19. The van der Waals surface area contributed by atoms with Crippen molar-refractivity contribution in [3.05, 3.63) is 28.5 Å². The number of hydrogen-bond acceptors (Lipinski definition) is 6. The second-order valence-electron chi connectivity index (χ2n) is 3.51. The predicted molar refractivity (Wildman–Crippen MR) is 61.2 cm³/mol. The van der Waals surface area contributed by atoms with Crippen LogP contribution in [0, 0.1) is 10.1 Å². The van der Waals surface area contributed by atoms with E-state index in [1.54, 1.807) is 11.9 Å². The van der Waals surface area contributed by atoms with Crippen LogP contribution in [0.2, 0.25) is 0 Å². The molecule has 86 valence electrons. The van der Waals surface area contributed by atoms with Crippen LogP contribution in [-0.4, -0.2) is 28.5 Å². The zero-order valence-corrected chi connectivity index (χ0v) is 9.17. The Labute approximate surface area is 92.8 Å². The topological polar surface area (TPSA) is 98.2 Å². The zero-order chi connectivity index (χ0) is 12.3. The molecule has 2 N–H and O–H groups in total. The van der Waals surface area contributed by atoms with Crippen LogP contribution in [0.15, 0.2) is 18.3 Å². The molecule has 0 saturated carbocycles. The Bertz CT molecular complexity index is 432. The Kier molecular flexibility index (Phi) is 3.39. The molecular weight excluding hydrogens is 210 g/mol. The average Bonchev–Trinajstić information content (AvgIpc) is 2.15. The van der Waals surface area contributed by atoms with E-state index >= 15 is 0 Å². The van der Waals surface area contributed by atoms with Crippen molar-refractivity contribution in [1.29, 1.82) is 0 Å². The summed E-state index contributed by atoms with van der Waals surface area (Å²) < 4.78 is 0. The molecule has 0 amide bonds. The first-order chi connectivity index (χ1) is 7.41. The minimum atomic E-state index is -0.613. The number of rotatable bonds is 4. The van der Waals surface area contributed by atoms with Gasteiger partial charge < -0.3 is 10.6 Å². The van der Waals surface area contributed by atoms with E-state index in [1.807, 2.05) is 6.92 Å². The van der Waals surface area contributed by atoms with E-state index in [0.717, 1.165) is 11.8 Å². The molecular formula is C9H13N5O2. The number of nitrogen functional groups attached to an aromatic ring is 1. The Morgan fingerprint density at radius 1 is 1.75 bits per heavy atom. The fourth-order valence-corrected chi connectivity index (χ4v) is 1.18. The van der Waals surface area contributed by atoms with Crippen LogP contribution in [-0.2, 0) is 0 Å². The van der Waals surface area contributed by atoms with E-state index in [9.17, 15) is 10.1 Å². The first-order valence-electron chi connectivity index (χ1n) is 4.54. The van der Waals surface area contributed by atoms with Crippen molar-refractivity contribution < 1.29 is 4.92 Å². The van der Waals surface area contributed by atoms with Gasteiger partial charge in [0.05, 0.1) is 4.92 Å². The Balaban J connectivity index is 2.96. The summed E-state index contributed by atoms with van der Waals surface area (Å²) >= 11 is 0. The van der Waals surface area contributed by atoms with Crippen LogP contribution >= 0.6 is 0 Å². The number of nitrogens with zero attached hydrogens (tertiary/aromatic N) is 4. The van der Waals surface area contributed by atoms with Gasteiger partial charge in [0.1, 0.15) is 6.20 Å². The molecule has 0 fully saturated rings. The van der Waals surface area contributed by atoms with Crippen molar-refractivity contribution in [1.82, 2.24) is 9.97 Å². The molecule has 7 heteroatoms. The molecule has 1 heterocycles. The largest absolute Gasteiger partial charge is 0.378 e. The van der Waals surface area contributed by atoms with Crippen molar-refractivity contribution in [2.24, 2.45) is 0 Å². The van der Waals surface area contributed by atoms with Crippen molar-refractivity contribution in [2.75, 3.05) is 24.2 Å². The van der Waals surface area contributed by atoms with Gasteiger partial charge in [-0.1, -0.05) is 12.2 Å². The van der Waals surface area contributed by atoms with Gasteiger partial charge in [0.2, 0.25) is 11.8 Å². The summed E-state index contributed by atoms with van der Waals surface area (Å²) in [7, 11) is 1.76. The Morgan fingerprint density at radius 2 is 2.38 bits per heavy atom. The fourth-order valence-electron chi connectivity index (χ4n) is 1.18. The minimum absolute atomic E-state index is 0.136. The highest BCUT2D eigenvalue weighted by molar-refractivity contribution is 5.53. The maximum atomic E-state index is 10.5. The SMILES string of the molecule is C=C(C)CN(C)c1ncc([N+](=O)[O-])c(N)n1. The highest BCUT2D eigenvalue weighted by atomic mass is 16.6. The van der Waals surface area contributed by atoms with Crippen LogP contribution in [0.25, 0.3) is 0 Å². The van der Waals surface area contributed by atoms with Crippen LogP contribution in [0.3, 0.4) is 0 Å². The van der Waals surface area contributed by atoms with Gasteiger partial charge in [-0.25, -0.2) is 4.98 Å². The molecule has 1 aromatic heterocycles. The molecule has 0 bridgehead atoms. The van der Waals surface area contributed by atoms with Gasteiger partial charge in [0.15, 0.2) is 0 Å². The van der Waals surface area contributed by atoms with Crippen molar-refractivity contribution in [3.8, 4) is 0 Å². The highest BCUT2D eigenvalue weighted by Crippen LogP contribution is 2.19. The summed E-state index contributed by atoms with van der Waals surface area (Å²) in [5.41, 5.74) is 6.10. The monoisotopic (exact) mass is 223 g/mol. The summed E-state index contributed by atoms with van der Waals surface area (Å²) in [6, 6.07) is 0. The number of aromatic nitrogens is 2. The third-order valence-corrected chi connectivity index (χ3v) is 1.83. The molecule has 1 rings (SSSR count). The Hall–Kier alpha value is -2.18. The molecule has 0 aromatic carbocycles. The third kappa shape index (κ3) is 2.66. The number of likely N-dealkylation sites (N-methyl/N-ethyl adjacent to an activating group) is 1. The highest BCUT2D eigenvalue weighted by Gasteiger charge is 2.15. The second-order valence-corrected chi connectivity index (χ2v) is 3.51. The molecule has 0 spiro atoms. The van der Waals surface area contributed by atoms with Gasteiger partial charge in [-0.3, -0.25) is 10.1 Å². The lowest BCUT2D eigenvalue weighted by atomic mass is 10.3. The van der Waals surface area contributed by atoms with Gasteiger partial charge in [-0.2, -0.15) is 4.98 Å². The smallest absolute Gasteiger partial charge is 0.329 e. The maximum Gasteiger partial charge on any atom is 0.329 e. The average molecular weight is 223 g/mol.